The summed E-state index contributed by atoms with van der Waals surface area (Å²) in [6.07, 6.45) is 3.34. The Labute approximate surface area is 108 Å². The van der Waals surface area contributed by atoms with Gasteiger partial charge in [-0.3, -0.25) is 4.79 Å². The molecule has 0 radical (unpaired) electrons. The predicted octanol–water partition coefficient (Wildman–Crippen LogP) is 2.78. The van der Waals surface area contributed by atoms with E-state index in [1.54, 1.807) is 0 Å². The zero-order chi connectivity index (χ0) is 13.0. The van der Waals surface area contributed by atoms with Crippen LogP contribution in [0.25, 0.3) is 0 Å². The number of ether oxygens (including phenoxy) is 1. The first-order valence-corrected chi connectivity index (χ1v) is 6.38. The fraction of sp³-hybridized carbons (Fsp3) is 0.400. The number of benzene rings is 1. The number of rotatable bonds is 4. The second kappa shape index (κ2) is 5.71. The van der Waals surface area contributed by atoms with E-state index in [9.17, 15) is 4.79 Å². The fourth-order valence-corrected chi connectivity index (χ4v) is 2.42. The molecule has 0 saturated carbocycles. The molecule has 1 aliphatic heterocycles. The van der Waals surface area contributed by atoms with E-state index in [2.05, 4.69) is 18.0 Å². The van der Waals surface area contributed by atoms with Crippen LogP contribution < -0.4 is 5.32 Å². The zero-order valence-electron chi connectivity index (χ0n) is 10.7. The second-order valence-corrected chi connectivity index (χ2v) is 4.50. The Morgan fingerprint density at radius 2 is 2.33 bits per heavy atom. The minimum Gasteiger partial charge on any atom is -0.466 e. The van der Waals surface area contributed by atoms with E-state index in [1.165, 1.54) is 5.56 Å². The van der Waals surface area contributed by atoms with Crippen molar-refractivity contribution in [2.75, 3.05) is 11.9 Å². The summed E-state index contributed by atoms with van der Waals surface area (Å²) in [6, 6.07) is 8.18. The minimum atomic E-state index is -0.127. The van der Waals surface area contributed by atoms with Crippen LogP contribution in [0.3, 0.4) is 0 Å². The normalized spacial score (nSPS) is 21.6. The SMILES string of the molecule is C=CCC1Nc2ccccc2CC1C(=O)OCC. The summed E-state index contributed by atoms with van der Waals surface area (Å²) in [6.45, 7) is 6.02. The van der Waals surface area contributed by atoms with Crippen LogP contribution in [0.5, 0.6) is 0 Å². The summed E-state index contributed by atoms with van der Waals surface area (Å²) in [5, 5.41) is 3.42. The van der Waals surface area contributed by atoms with Crippen molar-refractivity contribution in [3.63, 3.8) is 0 Å². The first-order chi connectivity index (χ1) is 8.76. The lowest BCUT2D eigenvalue weighted by Crippen LogP contribution is -2.40. The zero-order valence-corrected chi connectivity index (χ0v) is 10.7. The van der Waals surface area contributed by atoms with Gasteiger partial charge in [-0.25, -0.2) is 0 Å². The molecule has 1 aliphatic rings. The van der Waals surface area contributed by atoms with Crippen molar-refractivity contribution in [2.24, 2.45) is 5.92 Å². The highest BCUT2D eigenvalue weighted by Gasteiger charge is 2.33. The number of esters is 1. The van der Waals surface area contributed by atoms with E-state index < -0.39 is 0 Å². The quantitative estimate of drug-likeness (QED) is 0.655. The molecule has 2 rings (SSSR count). The van der Waals surface area contributed by atoms with Crippen LogP contribution in [-0.4, -0.2) is 18.6 Å². The summed E-state index contributed by atoms with van der Waals surface area (Å²) < 4.78 is 5.16. The monoisotopic (exact) mass is 245 g/mol. The Kier molecular flexibility index (Phi) is 4.03. The molecule has 0 saturated heterocycles. The summed E-state index contributed by atoms with van der Waals surface area (Å²) in [5.74, 6) is -0.246. The number of nitrogens with one attached hydrogen (secondary N) is 1. The van der Waals surface area contributed by atoms with Gasteiger partial charge in [-0.2, -0.15) is 0 Å². The highest BCUT2D eigenvalue weighted by molar-refractivity contribution is 5.76. The average molecular weight is 245 g/mol. The predicted molar refractivity (Wildman–Crippen MR) is 72.5 cm³/mol. The van der Waals surface area contributed by atoms with Crippen molar-refractivity contribution in [3.05, 3.63) is 42.5 Å². The molecule has 3 nitrogen and oxygen atoms in total. The number of carbonyl (C=O) groups is 1. The number of para-hydroxylation sites is 1. The van der Waals surface area contributed by atoms with Crippen molar-refractivity contribution < 1.29 is 9.53 Å². The third-order valence-electron chi connectivity index (χ3n) is 3.29. The Morgan fingerprint density at radius 3 is 3.06 bits per heavy atom. The van der Waals surface area contributed by atoms with Crippen molar-refractivity contribution >= 4 is 11.7 Å². The largest absolute Gasteiger partial charge is 0.466 e. The molecular formula is C15H19NO2. The van der Waals surface area contributed by atoms with E-state index >= 15 is 0 Å². The van der Waals surface area contributed by atoms with Gasteiger partial charge in [0.05, 0.1) is 12.5 Å². The van der Waals surface area contributed by atoms with Gasteiger partial charge < -0.3 is 10.1 Å². The number of hydrogen-bond acceptors (Lipinski definition) is 3. The van der Waals surface area contributed by atoms with Gasteiger partial charge in [0.25, 0.3) is 0 Å². The maximum Gasteiger partial charge on any atom is 0.311 e. The molecule has 0 spiro atoms. The molecule has 96 valence electrons. The van der Waals surface area contributed by atoms with Crippen LogP contribution in [0.2, 0.25) is 0 Å². The molecule has 0 aliphatic carbocycles. The highest BCUT2D eigenvalue weighted by atomic mass is 16.5. The van der Waals surface area contributed by atoms with Crippen LogP contribution in [-0.2, 0) is 16.0 Å². The first kappa shape index (κ1) is 12.7. The van der Waals surface area contributed by atoms with Gasteiger partial charge in [0.2, 0.25) is 0 Å². The van der Waals surface area contributed by atoms with Crippen molar-refractivity contribution in [3.8, 4) is 0 Å². The molecule has 1 heterocycles. The Hall–Kier alpha value is -1.77. The third kappa shape index (κ3) is 2.55. The van der Waals surface area contributed by atoms with E-state index in [0.29, 0.717) is 6.61 Å². The van der Waals surface area contributed by atoms with E-state index in [-0.39, 0.29) is 17.9 Å². The Balaban J connectivity index is 2.22. The molecule has 1 aromatic carbocycles. The maximum absolute atomic E-state index is 12.0. The van der Waals surface area contributed by atoms with Gasteiger partial charge in [-0.05, 0) is 31.4 Å². The summed E-state index contributed by atoms with van der Waals surface area (Å²) >= 11 is 0. The molecular weight excluding hydrogens is 226 g/mol. The Bertz CT molecular complexity index is 442. The van der Waals surface area contributed by atoms with Crippen LogP contribution in [0.15, 0.2) is 36.9 Å². The number of hydrogen-bond donors (Lipinski definition) is 1. The minimum absolute atomic E-state index is 0.0800. The van der Waals surface area contributed by atoms with Gasteiger partial charge in [0.1, 0.15) is 0 Å². The standard InChI is InChI=1S/C15H19NO2/c1-3-7-14-12(15(17)18-4-2)10-11-8-5-6-9-13(11)16-14/h3,5-6,8-9,12,14,16H,1,4,7,10H2,2H3. The fourth-order valence-electron chi connectivity index (χ4n) is 2.42. The molecule has 0 aromatic heterocycles. The van der Waals surface area contributed by atoms with Crippen molar-refractivity contribution in [1.82, 2.24) is 0 Å². The van der Waals surface area contributed by atoms with Crippen molar-refractivity contribution in [2.45, 2.75) is 25.8 Å². The molecule has 2 atom stereocenters. The molecule has 18 heavy (non-hydrogen) atoms. The Morgan fingerprint density at radius 1 is 1.56 bits per heavy atom. The number of fused-ring (bicyclic) bond motifs is 1. The van der Waals surface area contributed by atoms with Crippen LogP contribution >= 0.6 is 0 Å². The number of anilines is 1. The summed E-state index contributed by atoms with van der Waals surface area (Å²) in [7, 11) is 0. The molecule has 2 unspecified atom stereocenters. The summed E-state index contributed by atoms with van der Waals surface area (Å²) in [5.41, 5.74) is 2.29. The summed E-state index contributed by atoms with van der Waals surface area (Å²) in [4.78, 5) is 12.0. The lowest BCUT2D eigenvalue weighted by atomic mass is 9.85. The van der Waals surface area contributed by atoms with Gasteiger partial charge in [-0.1, -0.05) is 24.3 Å². The van der Waals surface area contributed by atoms with Gasteiger partial charge in [-0.15, -0.1) is 6.58 Å². The molecule has 1 aromatic rings. The average Bonchev–Trinajstić information content (AvgIpc) is 2.38. The number of carbonyl (C=O) groups excluding carboxylic acids is 1. The molecule has 1 N–H and O–H groups in total. The van der Waals surface area contributed by atoms with Gasteiger partial charge in [0, 0.05) is 11.7 Å². The van der Waals surface area contributed by atoms with E-state index in [4.69, 9.17) is 4.74 Å². The maximum atomic E-state index is 12.0. The van der Waals surface area contributed by atoms with Gasteiger partial charge in [0.15, 0.2) is 0 Å². The lowest BCUT2D eigenvalue weighted by molar-refractivity contribution is -0.148. The van der Waals surface area contributed by atoms with Crippen LogP contribution in [0, 0.1) is 5.92 Å². The van der Waals surface area contributed by atoms with E-state index in [0.717, 1.165) is 18.5 Å². The lowest BCUT2D eigenvalue weighted by Gasteiger charge is -2.32. The smallest absolute Gasteiger partial charge is 0.311 e. The van der Waals surface area contributed by atoms with Crippen LogP contribution in [0.4, 0.5) is 5.69 Å². The topological polar surface area (TPSA) is 38.3 Å². The molecule has 0 amide bonds. The third-order valence-corrected chi connectivity index (χ3v) is 3.29. The highest BCUT2D eigenvalue weighted by Crippen LogP contribution is 2.30. The van der Waals surface area contributed by atoms with Gasteiger partial charge >= 0.3 is 5.97 Å². The second-order valence-electron chi connectivity index (χ2n) is 4.50. The molecule has 0 fully saturated rings. The first-order valence-electron chi connectivity index (χ1n) is 6.38. The van der Waals surface area contributed by atoms with Crippen molar-refractivity contribution in [1.29, 1.82) is 0 Å². The van der Waals surface area contributed by atoms with E-state index in [1.807, 2.05) is 31.2 Å². The molecule has 3 heteroatoms. The molecule has 0 bridgehead atoms. The van der Waals surface area contributed by atoms with Crippen LogP contribution in [0.1, 0.15) is 18.9 Å².